The number of aromatic nitrogens is 1. The highest BCUT2D eigenvalue weighted by Crippen LogP contribution is 2.29. The molecule has 2 aromatic rings. The number of rotatable bonds is 3. The average molecular weight is 362 g/mol. The van der Waals surface area contributed by atoms with Crippen LogP contribution in [-0.4, -0.2) is 16.5 Å². The Morgan fingerprint density at radius 2 is 2.00 bits per heavy atom. The van der Waals surface area contributed by atoms with Crippen molar-refractivity contribution in [3.63, 3.8) is 0 Å². The third kappa shape index (κ3) is 3.39. The predicted molar refractivity (Wildman–Crippen MR) is 103 cm³/mol. The number of aryl methyl sites for hydroxylation is 2. The Morgan fingerprint density at radius 1 is 1.29 bits per heavy atom. The van der Waals surface area contributed by atoms with Crippen molar-refractivity contribution in [3.05, 3.63) is 38.2 Å². The summed E-state index contributed by atoms with van der Waals surface area (Å²) in [5.41, 5.74) is 9.48. The summed E-state index contributed by atoms with van der Waals surface area (Å²) in [6.45, 7) is 4.06. The fraction of sp³-hybridized carbons (Fsp3) is 0.444. The number of thiazole rings is 1. The van der Waals surface area contributed by atoms with Crippen molar-refractivity contribution >= 4 is 35.3 Å². The third-order valence-corrected chi connectivity index (χ3v) is 5.99. The number of nitrogens with one attached hydrogen (secondary N) is 1. The highest BCUT2D eigenvalue weighted by atomic mass is 32.1. The molecule has 24 heavy (non-hydrogen) atoms. The van der Waals surface area contributed by atoms with Crippen molar-refractivity contribution in [1.82, 2.24) is 9.88 Å². The van der Waals surface area contributed by atoms with Gasteiger partial charge in [0.2, 0.25) is 0 Å². The molecule has 1 aliphatic rings. The Morgan fingerprint density at radius 3 is 2.71 bits per heavy atom. The summed E-state index contributed by atoms with van der Waals surface area (Å²) >= 11 is 6.78. The smallest absolute Gasteiger partial charge is 0.265 e. The van der Waals surface area contributed by atoms with Gasteiger partial charge in [0, 0.05) is 6.04 Å². The molecule has 3 rings (SSSR count). The van der Waals surface area contributed by atoms with Crippen LogP contribution in [0.25, 0.3) is 5.69 Å². The van der Waals surface area contributed by atoms with Crippen molar-refractivity contribution in [2.45, 2.75) is 52.0 Å². The van der Waals surface area contributed by atoms with E-state index in [2.05, 4.69) is 17.4 Å². The van der Waals surface area contributed by atoms with Crippen molar-refractivity contribution < 1.29 is 4.79 Å². The number of carbonyl (C=O) groups is 1. The van der Waals surface area contributed by atoms with Crippen molar-refractivity contribution in [2.24, 2.45) is 0 Å². The molecule has 0 unspecified atom stereocenters. The number of nitrogen functional groups attached to an aromatic ring is 1. The minimum atomic E-state index is -0.0976. The van der Waals surface area contributed by atoms with Crippen molar-refractivity contribution in [2.75, 3.05) is 5.73 Å². The van der Waals surface area contributed by atoms with Gasteiger partial charge in [0.15, 0.2) is 3.95 Å². The topological polar surface area (TPSA) is 60.0 Å². The van der Waals surface area contributed by atoms with Crippen LogP contribution < -0.4 is 11.1 Å². The van der Waals surface area contributed by atoms with Crippen LogP contribution in [0.5, 0.6) is 0 Å². The molecule has 1 amide bonds. The van der Waals surface area contributed by atoms with Crippen LogP contribution in [0.3, 0.4) is 0 Å². The maximum Gasteiger partial charge on any atom is 0.265 e. The molecule has 0 spiro atoms. The van der Waals surface area contributed by atoms with E-state index in [1.165, 1.54) is 30.6 Å². The van der Waals surface area contributed by atoms with Crippen molar-refractivity contribution in [1.29, 1.82) is 0 Å². The van der Waals surface area contributed by atoms with E-state index in [4.69, 9.17) is 18.0 Å². The molecule has 1 heterocycles. The van der Waals surface area contributed by atoms with Crippen LogP contribution in [0.1, 0.15) is 52.9 Å². The van der Waals surface area contributed by atoms with E-state index in [0.29, 0.717) is 14.6 Å². The summed E-state index contributed by atoms with van der Waals surface area (Å²) in [5, 5.41) is 3.13. The van der Waals surface area contributed by atoms with Gasteiger partial charge in [0.25, 0.3) is 5.91 Å². The van der Waals surface area contributed by atoms with Crippen LogP contribution in [0, 0.1) is 17.8 Å². The fourth-order valence-electron chi connectivity index (χ4n) is 3.23. The number of nitrogens with two attached hydrogens (primary N) is 1. The maximum absolute atomic E-state index is 12.6. The predicted octanol–water partition coefficient (Wildman–Crippen LogP) is 4.53. The Hall–Kier alpha value is -1.66. The van der Waals surface area contributed by atoms with Gasteiger partial charge in [0.05, 0.1) is 5.69 Å². The summed E-state index contributed by atoms with van der Waals surface area (Å²) in [6, 6.07) is 6.42. The largest absolute Gasteiger partial charge is 0.383 e. The minimum Gasteiger partial charge on any atom is -0.383 e. The maximum atomic E-state index is 12.6. The molecule has 3 N–H and O–H groups in total. The lowest BCUT2D eigenvalue weighted by molar-refractivity contribution is 0.0932. The van der Waals surface area contributed by atoms with Gasteiger partial charge < -0.3 is 11.1 Å². The number of benzene rings is 1. The van der Waals surface area contributed by atoms with Crippen LogP contribution in [0.4, 0.5) is 5.82 Å². The first-order valence-corrected chi connectivity index (χ1v) is 9.59. The molecule has 0 radical (unpaired) electrons. The first-order chi connectivity index (χ1) is 11.5. The quantitative estimate of drug-likeness (QED) is 0.790. The molecule has 1 fully saturated rings. The number of amides is 1. The SMILES string of the molecule is Cc1ccc(C)c(-n2c(N)c(C(=O)NC3CCCCC3)sc2=S)c1. The first kappa shape index (κ1) is 17.2. The second kappa shape index (κ2) is 7.07. The Balaban J connectivity index is 1.93. The van der Waals surface area contributed by atoms with Gasteiger partial charge in [-0.3, -0.25) is 9.36 Å². The van der Waals surface area contributed by atoms with Gasteiger partial charge in [-0.15, -0.1) is 0 Å². The highest BCUT2D eigenvalue weighted by molar-refractivity contribution is 7.73. The molecular formula is C18H23N3OS2. The highest BCUT2D eigenvalue weighted by Gasteiger charge is 2.22. The standard InChI is InChI=1S/C18H23N3OS2/c1-11-8-9-12(2)14(10-11)21-16(19)15(24-18(21)23)17(22)20-13-6-4-3-5-7-13/h8-10,13H,3-7,19H2,1-2H3,(H,20,22). The second-order valence-electron chi connectivity index (χ2n) is 6.52. The van der Waals surface area contributed by atoms with E-state index in [1.54, 1.807) is 0 Å². The number of carbonyl (C=O) groups excluding carboxylic acids is 1. The van der Waals surface area contributed by atoms with Gasteiger partial charge in [-0.2, -0.15) is 0 Å². The molecule has 1 aliphatic carbocycles. The van der Waals surface area contributed by atoms with E-state index < -0.39 is 0 Å². The summed E-state index contributed by atoms with van der Waals surface area (Å²) in [4.78, 5) is 13.2. The van der Waals surface area contributed by atoms with Gasteiger partial charge in [0.1, 0.15) is 10.7 Å². The Labute approximate surface area is 151 Å². The molecule has 6 heteroatoms. The monoisotopic (exact) mass is 361 g/mol. The molecule has 0 aliphatic heterocycles. The van der Waals surface area contributed by atoms with Gasteiger partial charge >= 0.3 is 0 Å². The first-order valence-electron chi connectivity index (χ1n) is 8.37. The second-order valence-corrected chi connectivity index (χ2v) is 8.16. The number of anilines is 1. The normalized spacial score (nSPS) is 15.4. The van der Waals surface area contributed by atoms with Gasteiger partial charge in [-0.05, 0) is 56.1 Å². The van der Waals surface area contributed by atoms with Gasteiger partial charge in [-0.1, -0.05) is 42.7 Å². The number of hydrogen-bond donors (Lipinski definition) is 2. The molecular weight excluding hydrogens is 338 g/mol. The molecule has 1 aromatic carbocycles. The van der Waals surface area contributed by atoms with E-state index in [0.717, 1.165) is 29.7 Å². The van der Waals surface area contributed by atoms with Crippen molar-refractivity contribution in [3.8, 4) is 5.69 Å². The Bertz CT molecular complexity index is 816. The molecule has 1 aromatic heterocycles. The molecule has 128 valence electrons. The molecule has 1 saturated carbocycles. The minimum absolute atomic E-state index is 0.0976. The summed E-state index contributed by atoms with van der Waals surface area (Å²) in [5.74, 6) is 0.339. The Kier molecular flexibility index (Phi) is 5.06. The zero-order chi connectivity index (χ0) is 17.3. The summed E-state index contributed by atoms with van der Waals surface area (Å²) < 4.78 is 2.42. The summed E-state index contributed by atoms with van der Waals surface area (Å²) in [7, 11) is 0. The van der Waals surface area contributed by atoms with E-state index in [-0.39, 0.29) is 11.9 Å². The lowest BCUT2D eigenvalue weighted by atomic mass is 9.95. The third-order valence-electron chi connectivity index (χ3n) is 4.60. The zero-order valence-corrected chi connectivity index (χ0v) is 15.7. The fourth-order valence-corrected chi connectivity index (χ4v) is 4.49. The lowest BCUT2D eigenvalue weighted by Gasteiger charge is -2.22. The van der Waals surface area contributed by atoms with E-state index in [9.17, 15) is 4.79 Å². The lowest BCUT2D eigenvalue weighted by Crippen LogP contribution is -2.36. The van der Waals surface area contributed by atoms with Crippen LogP contribution in [0.15, 0.2) is 18.2 Å². The molecule has 4 nitrogen and oxygen atoms in total. The van der Waals surface area contributed by atoms with E-state index in [1.807, 2.05) is 24.5 Å². The molecule has 0 saturated heterocycles. The van der Waals surface area contributed by atoms with E-state index >= 15 is 0 Å². The van der Waals surface area contributed by atoms with Crippen LogP contribution >= 0.6 is 23.6 Å². The zero-order valence-electron chi connectivity index (χ0n) is 14.1. The van der Waals surface area contributed by atoms with Crippen LogP contribution in [0.2, 0.25) is 0 Å². The average Bonchev–Trinajstić information content (AvgIpc) is 2.86. The molecule has 0 atom stereocenters. The molecule has 0 bridgehead atoms. The van der Waals surface area contributed by atoms with Crippen LogP contribution in [-0.2, 0) is 0 Å². The summed E-state index contributed by atoms with van der Waals surface area (Å²) in [6.07, 6.45) is 5.72. The van der Waals surface area contributed by atoms with Gasteiger partial charge in [-0.25, -0.2) is 0 Å². The number of nitrogens with zero attached hydrogens (tertiary/aromatic N) is 1. The number of hydrogen-bond acceptors (Lipinski definition) is 4.